The Morgan fingerprint density at radius 1 is 1.28 bits per heavy atom. The SMILES string of the molecule is CNC1CCN(C(=O)c2cc3nccc(Nc4ccc5[nH]c(C)cc5c4)c3s2)C1. The third-order valence-electron chi connectivity index (χ3n) is 5.54. The Hall–Kier alpha value is -2.90. The quantitative estimate of drug-likeness (QED) is 0.474. The van der Waals surface area contributed by atoms with Crippen LogP contribution in [0.2, 0.25) is 0 Å². The summed E-state index contributed by atoms with van der Waals surface area (Å²) in [5, 5.41) is 7.94. The molecule has 0 bridgehead atoms. The minimum atomic E-state index is 0.0981. The Morgan fingerprint density at radius 3 is 3.00 bits per heavy atom. The van der Waals surface area contributed by atoms with Crippen LogP contribution in [0.3, 0.4) is 0 Å². The lowest BCUT2D eigenvalue weighted by Crippen LogP contribution is -2.33. The molecule has 1 unspecified atom stereocenters. The van der Waals surface area contributed by atoms with Gasteiger partial charge in [-0.2, -0.15) is 0 Å². The summed E-state index contributed by atoms with van der Waals surface area (Å²) in [7, 11) is 1.95. The highest BCUT2D eigenvalue weighted by Gasteiger charge is 2.27. The molecular formula is C22H23N5OS. The maximum Gasteiger partial charge on any atom is 0.264 e. The van der Waals surface area contributed by atoms with Gasteiger partial charge in [0.05, 0.1) is 20.8 Å². The van der Waals surface area contributed by atoms with E-state index in [-0.39, 0.29) is 5.91 Å². The van der Waals surface area contributed by atoms with Crippen LogP contribution in [0.25, 0.3) is 21.1 Å². The molecule has 1 atom stereocenters. The maximum absolute atomic E-state index is 13.0. The molecule has 148 valence electrons. The van der Waals surface area contributed by atoms with E-state index in [1.54, 1.807) is 6.20 Å². The fourth-order valence-corrected chi connectivity index (χ4v) is 5.04. The van der Waals surface area contributed by atoms with Crippen LogP contribution in [0.4, 0.5) is 11.4 Å². The van der Waals surface area contributed by atoms with Crippen LogP contribution in [0, 0.1) is 6.92 Å². The molecule has 0 saturated carbocycles. The van der Waals surface area contributed by atoms with Crippen LogP contribution in [0.5, 0.6) is 0 Å². The third-order valence-corrected chi connectivity index (χ3v) is 6.69. The summed E-state index contributed by atoms with van der Waals surface area (Å²) >= 11 is 1.51. The molecule has 1 amide bonds. The fraction of sp³-hybridized carbons (Fsp3) is 0.273. The first-order chi connectivity index (χ1) is 14.1. The van der Waals surface area contributed by atoms with Gasteiger partial charge in [0.15, 0.2) is 0 Å². The van der Waals surface area contributed by atoms with Crippen molar-refractivity contribution in [3.05, 3.63) is 53.2 Å². The number of likely N-dealkylation sites (N-methyl/N-ethyl adjacent to an activating group) is 1. The first-order valence-electron chi connectivity index (χ1n) is 9.82. The molecule has 1 aliphatic rings. The number of anilines is 2. The first kappa shape index (κ1) is 18.1. The van der Waals surface area contributed by atoms with Crippen LogP contribution in [-0.4, -0.2) is 47.0 Å². The number of carbonyl (C=O) groups is 1. The zero-order valence-electron chi connectivity index (χ0n) is 16.5. The van der Waals surface area contributed by atoms with E-state index in [1.807, 2.05) is 24.1 Å². The van der Waals surface area contributed by atoms with Gasteiger partial charge in [-0.25, -0.2) is 0 Å². The molecule has 29 heavy (non-hydrogen) atoms. The number of aromatic amines is 1. The van der Waals surface area contributed by atoms with Crippen LogP contribution < -0.4 is 10.6 Å². The second kappa shape index (κ2) is 7.17. The molecule has 6 nitrogen and oxygen atoms in total. The van der Waals surface area contributed by atoms with E-state index in [0.29, 0.717) is 6.04 Å². The predicted octanol–water partition coefficient (Wildman–Crippen LogP) is 4.26. The number of likely N-dealkylation sites (tertiary alicyclic amines) is 1. The van der Waals surface area contributed by atoms with E-state index in [9.17, 15) is 4.79 Å². The Morgan fingerprint density at radius 2 is 2.17 bits per heavy atom. The smallest absolute Gasteiger partial charge is 0.264 e. The molecule has 1 fully saturated rings. The molecule has 3 aromatic heterocycles. The number of amides is 1. The van der Waals surface area contributed by atoms with Gasteiger partial charge in [-0.05, 0) is 56.8 Å². The molecule has 0 radical (unpaired) electrons. The number of H-pyrrole nitrogens is 1. The Labute approximate surface area is 172 Å². The van der Waals surface area contributed by atoms with Crippen LogP contribution >= 0.6 is 11.3 Å². The van der Waals surface area contributed by atoms with Gasteiger partial charge in [0.25, 0.3) is 5.91 Å². The Balaban J connectivity index is 1.44. The molecule has 1 saturated heterocycles. The molecular weight excluding hydrogens is 382 g/mol. The van der Waals surface area contributed by atoms with E-state index >= 15 is 0 Å². The number of carbonyl (C=O) groups excluding carboxylic acids is 1. The molecule has 1 aromatic carbocycles. The summed E-state index contributed by atoms with van der Waals surface area (Å²) in [4.78, 5) is 23.5. The number of benzene rings is 1. The highest BCUT2D eigenvalue weighted by atomic mass is 32.1. The molecule has 3 N–H and O–H groups in total. The van der Waals surface area contributed by atoms with Crippen molar-refractivity contribution < 1.29 is 4.79 Å². The summed E-state index contributed by atoms with van der Waals surface area (Å²) in [6.07, 6.45) is 2.79. The second-order valence-electron chi connectivity index (χ2n) is 7.59. The fourth-order valence-electron chi connectivity index (χ4n) is 3.99. The number of hydrogen-bond donors (Lipinski definition) is 3. The van der Waals surface area contributed by atoms with Crippen LogP contribution in [-0.2, 0) is 0 Å². The number of thiophene rings is 1. The van der Waals surface area contributed by atoms with Crippen LogP contribution in [0.15, 0.2) is 42.6 Å². The van der Waals surface area contributed by atoms with E-state index in [4.69, 9.17) is 0 Å². The largest absolute Gasteiger partial charge is 0.359 e. The van der Waals surface area contributed by atoms with Crippen molar-refractivity contribution in [3.63, 3.8) is 0 Å². The Bertz CT molecular complexity index is 1210. The number of fused-ring (bicyclic) bond motifs is 2. The highest BCUT2D eigenvalue weighted by Crippen LogP contribution is 2.34. The average Bonchev–Trinajstić information content (AvgIpc) is 3.44. The topological polar surface area (TPSA) is 73.1 Å². The van der Waals surface area contributed by atoms with E-state index < -0.39 is 0 Å². The zero-order chi connectivity index (χ0) is 20.0. The summed E-state index contributed by atoms with van der Waals surface area (Å²) < 4.78 is 1.01. The normalized spacial score (nSPS) is 16.8. The number of aromatic nitrogens is 2. The van der Waals surface area contributed by atoms with Gasteiger partial charge in [0.2, 0.25) is 0 Å². The number of hydrogen-bond acceptors (Lipinski definition) is 5. The van der Waals surface area contributed by atoms with Gasteiger partial charge in [0, 0.05) is 47.6 Å². The lowest BCUT2D eigenvalue weighted by molar-refractivity contribution is 0.0794. The van der Waals surface area contributed by atoms with E-state index in [2.05, 4.69) is 51.8 Å². The monoisotopic (exact) mass is 405 g/mol. The number of pyridine rings is 1. The minimum Gasteiger partial charge on any atom is -0.359 e. The lowest BCUT2D eigenvalue weighted by Gasteiger charge is -2.15. The molecule has 4 heterocycles. The average molecular weight is 406 g/mol. The maximum atomic E-state index is 13.0. The van der Waals surface area contributed by atoms with Crippen molar-refractivity contribution >= 4 is 49.7 Å². The minimum absolute atomic E-state index is 0.0981. The van der Waals surface area contributed by atoms with Crippen LogP contribution in [0.1, 0.15) is 21.8 Å². The highest BCUT2D eigenvalue weighted by molar-refractivity contribution is 7.21. The Kier molecular flexibility index (Phi) is 4.49. The summed E-state index contributed by atoms with van der Waals surface area (Å²) in [5.74, 6) is 0.0981. The zero-order valence-corrected chi connectivity index (χ0v) is 17.3. The third kappa shape index (κ3) is 3.36. The standard InChI is InChI=1S/C22H23N5OS/c1-13-9-14-10-15(3-4-17(14)25-13)26-18-5-7-24-19-11-20(29-21(18)19)22(28)27-8-6-16(12-27)23-2/h3-5,7,9-11,16,23,25H,6,8,12H2,1-2H3,(H,24,26). The molecule has 0 spiro atoms. The number of nitrogens with zero attached hydrogens (tertiary/aromatic N) is 2. The van der Waals surface area contributed by atoms with Crippen molar-refractivity contribution in [2.45, 2.75) is 19.4 Å². The summed E-state index contributed by atoms with van der Waals surface area (Å²) in [6.45, 7) is 3.62. The molecule has 0 aliphatic carbocycles. The van der Waals surface area contributed by atoms with Gasteiger partial charge in [-0.15, -0.1) is 11.3 Å². The van der Waals surface area contributed by atoms with Crippen molar-refractivity contribution in [1.29, 1.82) is 0 Å². The van der Waals surface area contributed by atoms with Gasteiger partial charge >= 0.3 is 0 Å². The van der Waals surface area contributed by atoms with Gasteiger partial charge in [-0.1, -0.05) is 0 Å². The van der Waals surface area contributed by atoms with E-state index in [0.717, 1.165) is 57.2 Å². The lowest BCUT2D eigenvalue weighted by atomic mass is 10.2. The second-order valence-corrected chi connectivity index (χ2v) is 8.64. The number of aryl methyl sites for hydroxylation is 1. The van der Waals surface area contributed by atoms with Gasteiger partial charge in [-0.3, -0.25) is 9.78 Å². The van der Waals surface area contributed by atoms with E-state index in [1.165, 1.54) is 16.7 Å². The van der Waals surface area contributed by atoms with Crippen molar-refractivity contribution in [2.75, 3.05) is 25.5 Å². The number of nitrogens with one attached hydrogen (secondary N) is 3. The number of rotatable bonds is 4. The van der Waals surface area contributed by atoms with Gasteiger partial charge < -0.3 is 20.5 Å². The summed E-state index contributed by atoms with van der Waals surface area (Å²) in [5.41, 5.74) is 5.11. The first-order valence-corrected chi connectivity index (χ1v) is 10.6. The molecule has 5 rings (SSSR count). The molecule has 1 aliphatic heterocycles. The summed E-state index contributed by atoms with van der Waals surface area (Å²) in [6, 6.07) is 12.7. The predicted molar refractivity (Wildman–Crippen MR) is 119 cm³/mol. The molecule has 4 aromatic rings. The molecule has 7 heteroatoms. The van der Waals surface area contributed by atoms with Crippen molar-refractivity contribution in [3.8, 4) is 0 Å². The van der Waals surface area contributed by atoms with Gasteiger partial charge in [0.1, 0.15) is 0 Å². The van der Waals surface area contributed by atoms with Crippen molar-refractivity contribution in [2.24, 2.45) is 0 Å². The van der Waals surface area contributed by atoms with Crippen molar-refractivity contribution in [1.82, 2.24) is 20.2 Å².